The maximum Gasteiger partial charge on any atom is 0.418 e. The lowest BCUT2D eigenvalue weighted by Crippen LogP contribution is -2.24. The van der Waals surface area contributed by atoms with Gasteiger partial charge in [-0.15, -0.1) is 0 Å². The van der Waals surface area contributed by atoms with Crippen LogP contribution in [-0.2, 0) is 12.6 Å². The van der Waals surface area contributed by atoms with E-state index in [-0.39, 0.29) is 28.4 Å². The third kappa shape index (κ3) is 12.4. The van der Waals surface area contributed by atoms with Crippen molar-refractivity contribution >= 4 is 34.3 Å². The van der Waals surface area contributed by atoms with Crippen molar-refractivity contribution in [3.05, 3.63) is 154 Å². The molecular formula is C65H73F3N2O6. The Kier molecular flexibility index (Phi) is 17.4. The number of benzene rings is 6. The second kappa shape index (κ2) is 24.5. The van der Waals surface area contributed by atoms with Gasteiger partial charge in [-0.1, -0.05) is 127 Å². The Morgan fingerprint density at radius 1 is 0.513 bits per heavy atom. The van der Waals surface area contributed by atoms with Crippen LogP contribution in [0.15, 0.2) is 109 Å². The molecule has 2 saturated carbocycles. The molecule has 0 amide bonds. The monoisotopic (exact) mass is 1030 g/mol. The molecule has 400 valence electrons. The van der Waals surface area contributed by atoms with E-state index in [4.69, 9.17) is 9.47 Å². The van der Waals surface area contributed by atoms with Gasteiger partial charge in [0.05, 0.1) is 44.9 Å². The summed E-state index contributed by atoms with van der Waals surface area (Å²) in [6.45, 7) is 6.63. The number of hydrogen-bond acceptors (Lipinski definition) is 8. The van der Waals surface area contributed by atoms with Gasteiger partial charge < -0.3 is 30.3 Å². The van der Waals surface area contributed by atoms with Crippen LogP contribution in [0, 0.1) is 11.8 Å². The zero-order chi connectivity index (χ0) is 53.3. The van der Waals surface area contributed by atoms with Crippen LogP contribution in [0.3, 0.4) is 0 Å². The number of anilines is 4. The Bertz CT molecular complexity index is 2950. The van der Waals surface area contributed by atoms with Gasteiger partial charge in [-0.2, -0.15) is 13.2 Å². The van der Waals surface area contributed by atoms with Crippen LogP contribution in [0.2, 0.25) is 0 Å². The molecule has 0 spiro atoms. The minimum atomic E-state index is -4.80. The standard InChI is InChI=1S/C65H73F3N2O6/c1-4-7-10-11-16-43-23-33-48(34-24-43)69-53-39-55(75-49-35-29-46(30-36-49)44-25-19-41(20-26-44)14-8-5-2)61(71)59-57(53)63(73)60-58(64(59)74)54(70-52-18-13-12-17-51(52)65(66,67)68)40-56(62(60)72)76-50-37-31-47(32-38-50)45-27-21-42(22-28-45)15-9-6-3/h12-13,17-18,23-24,29-42,44-45,69-72H,4-11,14-16,19-22,25-28H2,1-3H3. The summed E-state index contributed by atoms with van der Waals surface area (Å²) >= 11 is 0. The van der Waals surface area contributed by atoms with E-state index in [0.717, 1.165) is 86.8 Å². The summed E-state index contributed by atoms with van der Waals surface area (Å²) in [4.78, 5) is 30.7. The summed E-state index contributed by atoms with van der Waals surface area (Å²) in [5.74, 6) is -0.475. The molecule has 8 nitrogen and oxygen atoms in total. The zero-order valence-corrected chi connectivity index (χ0v) is 44.3. The molecule has 0 unspecified atom stereocenters. The van der Waals surface area contributed by atoms with Crippen molar-refractivity contribution in [3.8, 4) is 34.5 Å². The molecule has 2 fully saturated rings. The molecule has 0 bridgehead atoms. The smallest absolute Gasteiger partial charge is 0.418 e. The summed E-state index contributed by atoms with van der Waals surface area (Å²) in [5, 5.41) is 30.6. The molecular weight excluding hydrogens is 962 g/mol. The molecule has 3 aliphatic carbocycles. The zero-order valence-electron chi connectivity index (χ0n) is 44.3. The number of halogens is 3. The van der Waals surface area contributed by atoms with Gasteiger partial charge in [0.2, 0.25) is 11.6 Å². The van der Waals surface area contributed by atoms with Crippen molar-refractivity contribution in [3.63, 3.8) is 0 Å². The van der Waals surface area contributed by atoms with Gasteiger partial charge in [0.1, 0.15) is 11.5 Å². The minimum Gasteiger partial charge on any atom is -0.504 e. The van der Waals surface area contributed by atoms with Gasteiger partial charge in [-0.25, -0.2) is 0 Å². The first-order chi connectivity index (χ1) is 36.8. The second-order valence-corrected chi connectivity index (χ2v) is 21.6. The van der Waals surface area contributed by atoms with Gasteiger partial charge in [-0.3, -0.25) is 9.59 Å². The summed E-state index contributed by atoms with van der Waals surface area (Å²) in [6, 6.07) is 30.5. The normalized spacial score (nSPS) is 18.4. The molecule has 0 aromatic heterocycles. The lowest BCUT2D eigenvalue weighted by Gasteiger charge is -2.29. The molecule has 4 N–H and O–H groups in total. The van der Waals surface area contributed by atoms with E-state index in [9.17, 15) is 23.4 Å². The minimum absolute atomic E-state index is 0.108. The highest BCUT2D eigenvalue weighted by Crippen LogP contribution is 2.52. The fourth-order valence-electron chi connectivity index (χ4n) is 11.9. The van der Waals surface area contributed by atoms with Crippen LogP contribution in [0.25, 0.3) is 0 Å². The van der Waals surface area contributed by atoms with Crippen LogP contribution in [0.4, 0.5) is 35.9 Å². The van der Waals surface area contributed by atoms with Crippen LogP contribution in [0.1, 0.15) is 202 Å². The van der Waals surface area contributed by atoms with E-state index in [1.54, 1.807) is 12.1 Å². The fourth-order valence-corrected chi connectivity index (χ4v) is 11.9. The number of alkyl halides is 3. The molecule has 0 radical (unpaired) electrons. The molecule has 0 atom stereocenters. The molecule has 0 aliphatic heterocycles. The average Bonchev–Trinajstić information content (AvgIpc) is 3.44. The summed E-state index contributed by atoms with van der Waals surface area (Å²) in [5.41, 5.74) is 0.897. The van der Waals surface area contributed by atoms with E-state index < -0.39 is 57.2 Å². The van der Waals surface area contributed by atoms with Crippen molar-refractivity contribution in [2.75, 3.05) is 10.6 Å². The van der Waals surface area contributed by atoms with E-state index in [1.165, 1.54) is 100 Å². The number of hydrogen-bond donors (Lipinski definition) is 4. The maximum absolute atomic E-state index is 15.4. The number of phenolic OH excluding ortho intramolecular Hbond substituents is 2. The van der Waals surface area contributed by atoms with E-state index >= 15 is 9.59 Å². The first kappa shape index (κ1) is 54.1. The van der Waals surface area contributed by atoms with Crippen molar-refractivity contribution in [2.45, 2.75) is 161 Å². The fraction of sp³-hybridized carbons (Fsp3) is 0.415. The molecule has 6 aromatic rings. The number of ether oxygens (including phenoxy) is 2. The number of aryl methyl sites for hydroxylation is 1. The molecule has 3 aliphatic rings. The Morgan fingerprint density at radius 2 is 0.974 bits per heavy atom. The van der Waals surface area contributed by atoms with Gasteiger partial charge in [0.25, 0.3) is 0 Å². The molecule has 0 saturated heterocycles. The summed E-state index contributed by atoms with van der Waals surface area (Å²) < 4.78 is 56.5. The predicted octanol–water partition coefficient (Wildman–Crippen LogP) is 19.0. The summed E-state index contributed by atoms with van der Waals surface area (Å²) in [7, 11) is 0. The van der Waals surface area contributed by atoms with E-state index in [0.29, 0.717) is 29.0 Å². The van der Waals surface area contributed by atoms with Gasteiger partial charge >= 0.3 is 6.18 Å². The van der Waals surface area contributed by atoms with Gasteiger partial charge in [-0.05, 0) is 153 Å². The van der Waals surface area contributed by atoms with Crippen LogP contribution in [-0.4, -0.2) is 21.8 Å². The first-order valence-corrected chi connectivity index (χ1v) is 28.1. The van der Waals surface area contributed by atoms with Crippen LogP contribution < -0.4 is 20.1 Å². The number of ketones is 2. The molecule has 11 heteroatoms. The number of nitrogens with one attached hydrogen (secondary N) is 2. The third-order valence-corrected chi connectivity index (χ3v) is 16.3. The topological polar surface area (TPSA) is 117 Å². The molecule has 76 heavy (non-hydrogen) atoms. The SMILES string of the molecule is CCCCCCc1ccc(Nc2cc(Oc3ccc(C4CCC(CCCC)CC4)cc3)c(O)c3c2C(=O)c2c(O)c(Oc4ccc(C5CCC(CCCC)CC5)cc4)cc(Nc4ccccc4C(F)(F)F)c2C3=O)cc1. The Labute approximate surface area is 446 Å². The number of rotatable bonds is 21. The lowest BCUT2D eigenvalue weighted by molar-refractivity contribution is -0.136. The van der Waals surface area contributed by atoms with Crippen molar-refractivity contribution in [2.24, 2.45) is 11.8 Å². The Hall–Kier alpha value is -6.75. The molecule has 6 aromatic carbocycles. The van der Waals surface area contributed by atoms with Crippen molar-refractivity contribution < 1.29 is 42.4 Å². The highest BCUT2D eigenvalue weighted by Gasteiger charge is 2.42. The number of para-hydroxylation sites is 1. The van der Waals surface area contributed by atoms with E-state index in [2.05, 4.69) is 31.4 Å². The van der Waals surface area contributed by atoms with Crippen molar-refractivity contribution in [1.29, 1.82) is 0 Å². The molecule has 0 heterocycles. The third-order valence-electron chi connectivity index (χ3n) is 16.3. The number of carbonyl (C=O) groups is 2. The lowest BCUT2D eigenvalue weighted by atomic mass is 9.77. The predicted molar refractivity (Wildman–Crippen MR) is 297 cm³/mol. The Morgan fingerprint density at radius 3 is 1.43 bits per heavy atom. The van der Waals surface area contributed by atoms with Gasteiger partial charge in [0, 0.05) is 17.8 Å². The largest absolute Gasteiger partial charge is 0.504 e. The quantitative estimate of drug-likeness (QED) is 0.0415. The Balaban J connectivity index is 1.09. The highest BCUT2D eigenvalue weighted by molar-refractivity contribution is 6.34. The first-order valence-electron chi connectivity index (χ1n) is 28.1. The number of phenols is 2. The number of carbonyl (C=O) groups excluding carboxylic acids is 2. The molecule has 9 rings (SSSR count). The van der Waals surface area contributed by atoms with Crippen LogP contribution in [0.5, 0.6) is 34.5 Å². The number of unbranched alkanes of at least 4 members (excludes halogenated alkanes) is 5. The van der Waals surface area contributed by atoms with Gasteiger partial charge in [0.15, 0.2) is 23.0 Å². The van der Waals surface area contributed by atoms with Crippen molar-refractivity contribution in [1.82, 2.24) is 0 Å². The second-order valence-electron chi connectivity index (χ2n) is 21.6. The number of aromatic hydroxyl groups is 2. The number of fused-ring (bicyclic) bond motifs is 2. The maximum atomic E-state index is 15.4. The van der Waals surface area contributed by atoms with Crippen LogP contribution >= 0.6 is 0 Å². The average molecular weight is 1040 g/mol. The van der Waals surface area contributed by atoms with E-state index in [1.807, 2.05) is 60.7 Å². The highest BCUT2D eigenvalue weighted by atomic mass is 19.4. The summed E-state index contributed by atoms with van der Waals surface area (Å²) in [6.07, 6.45) is 17.1.